The highest BCUT2D eigenvalue weighted by atomic mass is 16.4. The van der Waals surface area contributed by atoms with Crippen LogP contribution >= 0.6 is 0 Å². The van der Waals surface area contributed by atoms with Crippen LogP contribution in [0.4, 0.5) is 0 Å². The lowest BCUT2D eigenvalue weighted by Gasteiger charge is -2.71. The smallest absolute Gasteiger partial charge is 0.309 e. The molecule has 4 aliphatic carbocycles. The van der Waals surface area contributed by atoms with E-state index in [0.717, 1.165) is 57.8 Å². The Morgan fingerprint density at radius 3 is 2.22 bits per heavy atom. The van der Waals surface area contributed by atoms with E-state index in [-0.39, 0.29) is 22.3 Å². The molecule has 3 heteroatoms. The first kappa shape index (κ1) is 24.6. The van der Waals surface area contributed by atoms with Gasteiger partial charge in [0.15, 0.2) is 0 Å². The van der Waals surface area contributed by atoms with Gasteiger partial charge in [-0.25, -0.2) is 0 Å². The van der Waals surface area contributed by atoms with Gasteiger partial charge in [0.05, 0.1) is 11.5 Å². The van der Waals surface area contributed by atoms with Gasteiger partial charge in [-0.1, -0.05) is 60.8 Å². The molecule has 4 rings (SSSR count). The fraction of sp³-hybridized carbons (Fsp3) is 0.966. The highest BCUT2D eigenvalue weighted by Gasteiger charge is 2.68. The van der Waals surface area contributed by atoms with Gasteiger partial charge in [0.2, 0.25) is 0 Å². The highest BCUT2D eigenvalue weighted by Crippen LogP contribution is 2.75. The van der Waals surface area contributed by atoms with Gasteiger partial charge in [0.25, 0.3) is 0 Å². The molecule has 0 aliphatic heterocycles. The van der Waals surface area contributed by atoms with Crippen molar-refractivity contribution < 1.29 is 15.0 Å². The lowest BCUT2D eigenvalue weighted by atomic mass is 9.33. The Labute approximate surface area is 197 Å². The third-order valence-electron chi connectivity index (χ3n) is 12.5. The van der Waals surface area contributed by atoms with Crippen molar-refractivity contribution in [1.82, 2.24) is 0 Å². The number of hydrogen-bond donors (Lipinski definition) is 2. The quantitative estimate of drug-likeness (QED) is 0.431. The van der Waals surface area contributed by atoms with Crippen molar-refractivity contribution in [2.75, 3.05) is 0 Å². The molecule has 184 valence electrons. The summed E-state index contributed by atoms with van der Waals surface area (Å²) in [7, 11) is 0. The van der Waals surface area contributed by atoms with E-state index < -0.39 is 11.4 Å². The maximum Gasteiger partial charge on any atom is 0.309 e. The lowest BCUT2D eigenvalue weighted by molar-refractivity contribution is -0.238. The molecule has 0 bridgehead atoms. The molecule has 0 radical (unpaired) electrons. The number of aliphatic hydroxyl groups excluding tert-OH is 1. The average molecular weight is 447 g/mol. The third-order valence-corrected chi connectivity index (χ3v) is 12.5. The Bertz CT molecular complexity index is 730. The molecule has 2 N–H and O–H groups in total. The molecule has 0 amide bonds. The molecule has 0 spiro atoms. The second-order valence-electron chi connectivity index (χ2n) is 13.9. The van der Waals surface area contributed by atoms with Crippen molar-refractivity contribution in [2.45, 2.75) is 131 Å². The van der Waals surface area contributed by atoms with Crippen LogP contribution in [0.2, 0.25) is 0 Å². The summed E-state index contributed by atoms with van der Waals surface area (Å²) in [4.78, 5) is 12.5. The van der Waals surface area contributed by atoms with E-state index in [0.29, 0.717) is 23.2 Å². The SMILES string of the molecule is CCCCCC1(C(=O)O)CCC2(C)C(CCC3C4(C)CCC(O)C(C)(C)C4CCC32C)C1. The number of carbonyl (C=O) groups is 1. The monoisotopic (exact) mass is 446 g/mol. The molecule has 3 nitrogen and oxygen atoms in total. The summed E-state index contributed by atoms with van der Waals surface area (Å²) < 4.78 is 0. The minimum atomic E-state index is -0.526. The number of hydrogen-bond acceptors (Lipinski definition) is 2. The number of fused-ring (bicyclic) bond motifs is 5. The molecule has 4 aliphatic rings. The number of carboxylic acid groups (broad SMARTS) is 1. The van der Waals surface area contributed by atoms with Gasteiger partial charge in [0.1, 0.15) is 0 Å². The van der Waals surface area contributed by atoms with Crippen LogP contribution in [-0.2, 0) is 4.79 Å². The van der Waals surface area contributed by atoms with E-state index >= 15 is 0 Å². The Balaban J connectivity index is 1.63. The zero-order valence-corrected chi connectivity index (χ0v) is 21.8. The fourth-order valence-corrected chi connectivity index (χ4v) is 10.2. The van der Waals surface area contributed by atoms with E-state index in [1.54, 1.807) is 0 Å². The Morgan fingerprint density at radius 1 is 0.844 bits per heavy atom. The second kappa shape index (κ2) is 7.99. The fourth-order valence-electron chi connectivity index (χ4n) is 10.2. The summed E-state index contributed by atoms with van der Waals surface area (Å²) in [6.45, 7) is 14.5. The van der Waals surface area contributed by atoms with Crippen LogP contribution in [0.15, 0.2) is 0 Å². The van der Waals surface area contributed by atoms with Crippen LogP contribution in [0, 0.1) is 44.8 Å². The average Bonchev–Trinajstić information content (AvgIpc) is 2.72. The van der Waals surface area contributed by atoms with Crippen molar-refractivity contribution >= 4 is 5.97 Å². The topological polar surface area (TPSA) is 57.5 Å². The van der Waals surface area contributed by atoms with E-state index in [1.165, 1.54) is 25.7 Å². The first-order valence-electron chi connectivity index (χ1n) is 13.8. The van der Waals surface area contributed by atoms with E-state index in [2.05, 4.69) is 41.5 Å². The molecule has 0 aromatic heterocycles. The number of rotatable bonds is 5. The second-order valence-corrected chi connectivity index (χ2v) is 13.9. The van der Waals surface area contributed by atoms with Crippen LogP contribution < -0.4 is 0 Å². The minimum Gasteiger partial charge on any atom is -0.481 e. The summed E-state index contributed by atoms with van der Waals surface area (Å²) >= 11 is 0. The van der Waals surface area contributed by atoms with Crippen LogP contribution in [0.25, 0.3) is 0 Å². The van der Waals surface area contributed by atoms with Gasteiger partial charge >= 0.3 is 5.97 Å². The maximum absolute atomic E-state index is 12.5. The predicted octanol–water partition coefficient (Wildman–Crippen LogP) is 7.46. The third kappa shape index (κ3) is 3.26. The summed E-state index contributed by atoms with van der Waals surface area (Å²) in [5.74, 6) is 1.30. The Hall–Kier alpha value is -0.570. The van der Waals surface area contributed by atoms with Crippen LogP contribution in [0.5, 0.6) is 0 Å². The zero-order valence-electron chi connectivity index (χ0n) is 21.8. The molecule has 0 saturated heterocycles. The van der Waals surface area contributed by atoms with Gasteiger partial charge in [-0.15, -0.1) is 0 Å². The standard InChI is InChI=1S/C29H50O3/c1-7-8-9-14-29(24(31)32)18-17-27(5)20(19-29)10-11-22-26(4)15-13-23(30)25(2,3)21(26)12-16-28(22,27)6/h20-23,30H,7-19H2,1-6H3,(H,31,32). The van der Waals surface area contributed by atoms with Crippen LogP contribution in [0.3, 0.4) is 0 Å². The molecule has 4 saturated carbocycles. The molecule has 0 heterocycles. The molecular weight excluding hydrogens is 396 g/mol. The first-order valence-corrected chi connectivity index (χ1v) is 13.8. The van der Waals surface area contributed by atoms with Crippen molar-refractivity contribution in [3.8, 4) is 0 Å². The molecule has 8 unspecified atom stereocenters. The van der Waals surface area contributed by atoms with Crippen molar-refractivity contribution in [2.24, 2.45) is 44.8 Å². The highest BCUT2D eigenvalue weighted by molar-refractivity contribution is 5.74. The predicted molar refractivity (Wildman–Crippen MR) is 130 cm³/mol. The summed E-state index contributed by atoms with van der Waals surface area (Å²) in [5.41, 5.74) is 0.338. The maximum atomic E-state index is 12.5. The number of aliphatic carboxylic acids is 1. The summed E-state index contributed by atoms with van der Waals surface area (Å²) in [5, 5.41) is 21.1. The van der Waals surface area contributed by atoms with Gasteiger partial charge in [-0.3, -0.25) is 4.79 Å². The largest absolute Gasteiger partial charge is 0.481 e. The summed E-state index contributed by atoms with van der Waals surface area (Å²) in [6, 6.07) is 0. The first-order chi connectivity index (χ1) is 14.9. The van der Waals surface area contributed by atoms with E-state index in [4.69, 9.17) is 0 Å². The zero-order chi connectivity index (χ0) is 23.6. The van der Waals surface area contributed by atoms with Gasteiger partial charge in [0, 0.05) is 0 Å². The molecule has 8 atom stereocenters. The molecule has 4 fully saturated rings. The van der Waals surface area contributed by atoms with Crippen LogP contribution in [0.1, 0.15) is 125 Å². The van der Waals surface area contributed by atoms with Crippen molar-refractivity contribution in [3.05, 3.63) is 0 Å². The normalized spacial score (nSPS) is 50.1. The number of aliphatic hydroxyl groups is 1. The number of carboxylic acids is 1. The van der Waals surface area contributed by atoms with Gasteiger partial charge in [-0.05, 0) is 104 Å². The molecule has 32 heavy (non-hydrogen) atoms. The number of unbranched alkanes of at least 4 members (excludes halogenated alkanes) is 2. The van der Waals surface area contributed by atoms with E-state index in [1.807, 2.05) is 0 Å². The molecule has 0 aromatic carbocycles. The van der Waals surface area contributed by atoms with Crippen LogP contribution in [-0.4, -0.2) is 22.3 Å². The van der Waals surface area contributed by atoms with Crippen molar-refractivity contribution in [1.29, 1.82) is 0 Å². The minimum absolute atomic E-state index is 0.00358. The molecule has 0 aromatic rings. The van der Waals surface area contributed by atoms with Gasteiger partial charge in [-0.2, -0.15) is 0 Å². The molecular formula is C29H50O3. The Kier molecular flexibility index (Phi) is 6.13. The van der Waals surface area contributed by atoms with Crippen molar-refractivity contribution in [3.63, 3.8) is 0 Å². The Morgan fingerprint density at radius 2 is 1.56 bits per heavy atom. The summed E-state index contributed by atoms with van der Waals surface area (Å²) in [6.07, 6.45) is 13.9. The van der Waals surface area contributed by atoms with E-state index in [9.17, 15) is 15.0 Å². The lowest BCUT2D eigenvalue weighted by Crippen LogP contribution is -2.65. The van der Waals surface area contributed by atoms with Gasteiger partial charge < -0.3 is 10.2 Å².